The van der Waals surface area contributed by atoms with Crippen LogP contribution >= 0.6 is 0 Å². The summed E-state index contributed by atoms with van der Waals surface area (Å²) in [6.07, 6.45) is 4.42. The molecule has 4 nitrogen and oxygen atoms in total. The van der Waals surface area contributed by atoms with E-state index in [1.807, 2.05) is 26.0 Å². The highest BCUT2D eigenvalue weighted by Crippen LogP contribution is 2.16. The van der Waals surface area contributed by atoms with Crippen LogP contribution in [0, 0.1) is 13.8 Å². The standard InChI is InChI=1S/C19H24N2O2.ClH/c1-13-5-4-6-19(20-13)16-7-9-17(10-8-16)22-12-11-18-14(2)23-15(3)21-18;/h7-10,13H,4-6,11-12H2,1-3H3;1H/t13-;/m1./s1. The van der Waals surface area contributed by atoms with E-state index in [4.69, 9.17) is 9.15 Å². The third-order valence-corrected chi connectivity index (χ3v) is 4.29. The number of hydrogen-bond acceptors (Lipinski definition) is 3. The van der Waals surface area contributed by atoms with Gasteiger partial charge in [0.1, 0.15) is 17.6 Å². The molecular weight excluding hydrogens is 324 g/mol. The lowest BCUT2D eigenvalue weighted by molar-refractivity contribution is -0.504. The first-order valence-corrected chi connectivity index (χ1v) is 8.40. The Morgan fingerprint density at radius 3 is 2.62 bits per heavy atom. The maximum absolute atomic E-state index is 5.83. The van der Waals surface area contributed by atoms with Gasteiger partial charge in [-0.15, -0.1) is 0 Å². The van der Waals surface area contributed by atoms with E-state index in [1.165, 1.54) is 24.1 Å². The summed E-state index contributed by atoms with van der Waals surface area (Å²) in [5, 5.41) is 0. The minimum absolute atomic E-state index is 0. The van der Waals surface area contributed by atoms with Gasteiger partial charge in [0.15, 0.2) is 11.6 Å². The number of aryl methyl sites for hydroxylation is 2. The second-order valence-electron chi connectivity index (χ2n) is 6.27. The quantitative estimate of drug-likeness (QED) is 0.782. The van der Waals surface area contributed by atoms with Gasteiger partial charge in [0.05, 0.1) is 12.3 Å². The lowest BCUT2D eigenvalue weighted by atomic mass is 9.99. The lowest BCUT2D eigenvalue weighted by Gasteiger charge is -2.12. The van der Waals surface area contributed by atoms with E-state index in [9.17, 15) is 0 Å². The first-order chi connectivity index (χ1) is 11.1. The Bertz CT molecular complexity index is 692. The zero-order chi connectivity index (χ0) is 16.2. The molecule has 130 valence electrons. The SMILES string of the molecule is Cc1nc(CCOc2ccc(C3=[NH+][C@H](C)CCC3)cc2)c(C)o1.[Cl-]. The fraction of sp³-hybridized carbons (Fsp3) is 0.474. The van der Waals surface area contributed by atoms with Crippen molar-refractivity contribution in [1.82, 2.24) is 4.98 Å². The molecule has 5 heteroatoms. The fourth-order valence-electron chi connectivity index (χ4n) is 3.08. The van der Waals surface area contributed by atoms with Crippen LogP contribution in [0.4, 0.5) is 0 Å². The molecule has 1 aliphatic rings. The summed E-state index contributed by atoms with van der Waals surface area (Å²) >= 11 is 0. The zero-order valence-corrected chi connectivity index (χ0v) is 15.3. The highest BCUT2D eigenvalue weighted by Gasteiger charge is 2.18. The van der Waals surface area contributed by atoms with Gasteiger partial charge in [0, 0.05) is 31.7 Å². The summed E-state index contributed by atoms with van der Waals surface area (Å²) in [4.78, 5) is 7.95. The Morgan fingerprint density at radius 1 is 1.25 bits per heavy atom. The number of rotatable bonds is 5. The van der Waals surface area contributed by atoms with Gasteiger partial charge in [-0.1, -0.05) is 0 Å². The van der Waals surface area contributed by atoms with Crippen LogP contribution in [0.2, 0.25) is 0 Å². The number of nitrogens with zero attached hydrogens (tertiary/aromatic N) is 1. The molecule has 0 fully saturated rings. The maximum Gasteiger partial charge on any atom is 0.191 e. The van der Waals surface area contributed by atoms with Gasteiger partial charge in [0.2, 0.25) is 0 Å². The fourth-order valence-corrected chi connectivity index (χ4v) is 3.08. The second-order valence-corrected chi connectivity index (χ2v) is 6.27. The van der Waals surface area contributed by atoms with Crippen LogP contribution in [-0.4, -0.2) is 23.3 Å². The molecule has 0 saturated carbocycles. The van der Waals surface area contributed by atoms with Gasteiger partial charge in [0.25, 0.3) is 0 Å². The molecule has 0 aliphatic carbocycles. The molecule has 1 atom stereocenters. The van der Waals surface area contributed by atoms with Crippen molar-refractivity contribution >= 4 is 5.71 Å². The number of oxazole rings is 1. The number of halogens is 1. The monoisotopic (exact) mass is 348 g/mol. The molecule has 1 aromatic heterocycles. The summed E-state index contributed by atoms with van der Waals surface area (Å²) in [5.74, 6) is 2.50. The van der Waals surface area contributed by atoms with E-state index in [2.05, 4.69) is 29.0 Å². The van der Waals surface area contributed by atoms with Crippen LogP contribution in [0.25, 0.3) is 0 Å². The molecule has 0 amide bonds. The Kier molecular flexibility index (Phi) is 6.44. The van der Waals surface area contributed by atoms with Gasteiger partial charge >= 0.3 is 0 Å². The van der Waals surface area contributed by atoms with E-state index in [1.54, 1.807) is 0 Å². The van der Waals surface area contributed by atoms with Crippen molar-refractivity contribution in [2.24, 2.45) is 0 Å². The summed E-state index contributed by atoms with van der Waals surface area (Å²) in [5.41, 5.74) is 3.60. The molecule has 0 unspecified atom stereocenters. The molecular formula is C19H25ClN2O2. The first-order valence-electron chi connectivity index (χ1n) is 8.40. The average molecular weight is 349 g/mol. The number of benzene rings is 1. The van der Waals surface area contributed by atoms with E-state index < -0.39 is 0 Å². The molecule has 0 bridgehead atoms. The molecule has 1 aliphatic heterocycles. The predicted octanol–water partition coefficient (Wildman–Crippen LogP) is -0.641. The van der Waals surface area contributed by atoms with Gasteiger partial charge in [-0.2, -0.15) is 0 Å². The van der Waals surface area contributed by atoms with E-state index in [0.717, 1.165) is 30.0 Å². The molecule has 0 spiro atoms. The van der Waals surface area contributed by atoms with Crippen LogP contribution in [0.3, 0.4) is 0 Å². The molecule has 0 radical (unpaired) electrons. The maximum atomic E-state index is 5.83. The van der Waals surface area contributed by atoms with Crippen molar-refractivity contribution in [3.63, 3.8) is 0 Å². The normalized spacial score (nSPS) is 17.1. The molecule has 0 saturated heterocycles. The van der Waals surface area contributed by atoms with Crippen LogP contribution in [0.1, 0.15) is 49.1 Å². The third kappa shape index (κ3) is 4.60. The van der Waals surface area contributed by atoms with Gasteiger partial charge in [-0.3, -0.25) is 0 Å². The molecule has 1 N–H and O–H groups in total. The van der Waals surface area contributed by atoms with Crippen molar-refractivity contribution in [1.29, 1.82) is 0 Å². The Balaban J connectivity index is 0.00000208. The van der Waals surface area contributed by atoms with E-state index >= 15 is 0 Å². The molecule has 2 heterocycles. The number of aromatic nitrogens is 1. The van der Waals surface area contributed by atoms with Gasteiger partial charge in [-0.05, 0) is 44.5 Å². The Labute approximate surface area is 149 Å². The minimum Gasteiger partial charge on any atom is -1.00 e. The average Bonchev–Trinajstić information content (AvgIpc) is 2.86. The van der Waals surface area contributed by atoms with Crippen molar-refractivity contribution < 1.29 is 26.6 Å². The van der Waals surface area contributed by atoms with Crippen LogP contribution in [0.15, 0.2) is 28.7 Å². The summed E-state index contributed by atoms with van der Waals surface area (Å²) in [6.45, 7) is 6.66. The Morgan fingerprint density at radius 2 is 2.00 bits per heavy atom. The van der Waals surface area contributed by atoms with Crippen molar-refractivity contribution in [2.45, 2.75) is 52.5 Å². The number of nitrogens with one attached hydrogen (secondary N) is 1. The molecule has 2 aromatic rings. The van der Waals surface area contributed by atoms with Crippen LogP contribution in [-0.2, 0) is 6.42 Å². The molecule has 24 heavy (non-hydrogen) atoms. The van der Waals surface area contributed by atoms with E-state index in [-0.39, 0.29) is 12.4 Å². The molecule has 3 rings (SSSR count). The molecule has 1 aromatic carbocycles. The van der Waals surface area contributed by atoms with Crippen molar-refractivity contribution in [3.05, 3.63) is 47.2 Å². The smallest absolute Gasteiger partial charge is 0.191 e. The summed E-state index contributed by atoms with van der Waals surface area (Å²) < 4.78 is 11.3. The van der Waals surface area contributed by atoms with Crippen molar-refractivity contribution in [2.75, 3.05) is 6.61 Å². The van der Waals surface area contributed by atoms with Crippen LogP contribution in [0.5, 0.6) is 5.75 Å². The highest BCUT2D eigenvalue weighted by molar-refractivity contribution is 5.96. The summed E-state index contributed by atoms with van der Waals surface area (Å²) in [6, 6.07) is 8.94. The van der Waals surface area contributed by atoms with Crippen molar-refractivity contribution in [3.8, 4) is 5.75 Å². The number of hydrogen-bond donors (Lipinski definition) is 1. The minimum atomic E-state index is 0. The third-order valence-electron chi connectivity index (χ3n) is 4.29. The topological polar surface area (TPSA) is 49.2 Å². The summed E-state index contributed by atoms with van der Waals surface area (Å²) in [7, 11) is 0. The Hall–Kier alpha value is -1.81. The first kappa shape index (κ1) is 18.5. The lowest BCUT2D eigenvalue weighted by Crippen LogP contribution is -3.00. The largest absolute Gasteiger partial charge is 1.00 e. The zero-order valence-electron chi connectivity index (χ0n) is 14.6. The van der Waals surface area contributed by atoms with E-state index in [0.29, 0.717) is 18.5 Å². The highest BCUT2D eigenvalue weighted by atomic mass is 35.5. The van der Waals surface area contributed by atoms with Crippen LogP contribution < -0.4 is 22.1 Å². The van der Waals surface area contributed by atoms with Gasteiger partial charge < -0.3 is 21.6 Å². The second kappa shape index (κ2) is 8.34. The number of ether oxygens (including phenoxy) is 1. The van der Waals surface area contributed by atoms with Gasteiger partial charge in [-0.25, -0.2) is 9.98 Å². The predicted molar refractivity (Wildman–Crippen MR) is 90.0 cm³/mol.